The standard InChI is InChI=1S/C22H24ClN3O2/c1-25-9-7-15-11-17(5-6-18(15)13-25)22(28)26-10-8-20(14-26)24-21(27)16-3-2-4-19(23)12-16/h2-6,11-12,20H,7-10,13-14H2,1H3,(H,24,27). The number of likely N-dealkylation sites (N-methyl/N-ethyl adjacent to an activating group) is 1. The molecule has 0 aromatic heterocycles. The lowest BCUT2D eigenvalue weighted by Crippen LogP contribution is -2.38. The first-order valence-electron chi connectivity index (χ1n) is 9.65. The van der Waals surface area contributed by atoms with Crippen molar-refractivity contribution >= 4 is 23.4 Å². The van der Waals surface area contributed by atoms with Crippen molar-refractivity contribution in [2.24, 2.45) is 0 Å². The second-order valence-electron chi connectivity index (χ2n) is 7.69. The van der Waals surface area contributed by atoms with Crippen molar-refractivity contribution in [3.63, 3.8) is 0 Å². The first kappa shape index (κ1) is 19.0. The highest BCUT2D eigenvalue weighted by molar-refractivity contribution is 6.30. The summed E-state index contributed by atoms with van der Waals surface area (Å²) < 4.78 is 0. The third-order valence-electron chi connectivity index (χ3n) is 5.55. The minimum Gasteiger partial charge on any atom is -0.347 e. The van der Waals surface area contributed by atoms with E-state index in [-0.39, 0.29) is 17.9 Å². The van der Waals surface area contributed by atoms with Crippen molar-refractivity contribution in [2.45, 2.75) is 25.4 Å². The van der Waals surface area contributed by atoms with E-state index in [1.165, 1.54) is 11.1 Å². The van der Waals surface area contributed by atoms with Gasteiger partial charge in [-0.1, -0.05) is 23.7 Å². The summed E-state index contributed by atoms with van der Waals surface area (Å²) in [5.41, 5.74) is 3.86. The number of amides is 2. The maximum Gasteiger partial charge on any atom is 0.253 e. The molecule has 1 atom stereocenters. The molecule has 2 aromatic rings. The molecule has 0 spiro atoms. The van der Waals surface area contributed by atoms with Crippen molar-refractivity contribution < 1.29 is 9.59 Å². The Bertz CT molecular complexity index is 914. The largest absolute Gasteiger partial charge is 0.347 e. The van der Waals surface area contributed by atoms with Crippen LogP contribution in [0.2, 0.25) is 5.02 Å². The van der Waals surface area contributed by atoms with E-state index >= 15 is 0 Å². The first-order valence-corrected chi connectivity index (χ1v) is 10.0. The fourth-order valence-corrected chi connectivity index (χ4v) is 4.16. The molecule has 2 heterocycles. The number of nitrogens with one attached hydrogen (secondary N) is 1. The Morgan fingerprint density at radius 2 is 1.93 bits per heavy atom. The van der Waals surface area contributed by atoms with Crippen LogP contribution in [0.25, 0.3) is 0 Å². The van der Waals surface area contributed by atoms with Crippen LogP contribution in [0.5, 0.6) is 0 Å². The van der Waals surface area contributed by atoms with Gasteiger partial charge in [-0.05, 0) is 61.3 Å². The molecule has 1 N–H and O–H groups in total. The van der Waals surface area contributed by atoms with E-state index in [4.69, 9.17) is 11.6 Å². The van der Waals surface area contributed by atoms with Crippen LogP contribution in [0.4, 0.5) is 0 Å². The number of nitrogens with zero attached hydrogens (tertiary/aromatic N) is 2. The van der Waals surface area contributed by atoms with Crippen LogP contribution in [0.1, 0.15) is 38.3 Å². The Morgan fingerprint density at radius 3 is 2.75 bits per heavy atom. The maximum absolute atomic E-state index is 12.9. The van der Waals surface area contributed by atoms with E-state index in [1.807, 2.05) is 17.0 Å². The number of hydrogen-bond acceptors (Lipinski definition) is 3. The summed E-state index contributed by atoms with van der Waals surface area (Å²) in [6.45, 7) is 3.14. The van der Waals surface area contributed by atoms with Gasteiger partial charge in [-0.2, -0.15) is 0 Å². The Morgan fingerprint density at radius 1 is 1.07 bits per heavy atom. The number of hydrogen-bond donors (Lipinski definition) is 1. The van der Waals surface area contributed by atoms with Gasteiger partial charge in [0.15, 0.2) is 0 Å². The van der Waals surface area contributed by atoms with Crippen molar-refractivity contribution in [3.8, 4) is 0 Å². The minimum atomic E-state index is -0.153. The van der Waals surface area contributed by atoms with Gasteiger partial charge in [-0.25, -0.2) is 0 Å². The van der Waals surface area contributed by atoms with Crippen LogP contribution in [0.3, 0.4) is 0 Å². The van der Waals surface area contributed by atoms with Gasteiger partial charge in [-0.3, -0.25) is 9.59 Å². The molecule has 2 aromatic carbocycles. The summed E-state index contributed by atoms with van der Waals surface area (Å²) in [5, 5.41) is 3.55. The van der Waals surface area contributed by atoms with Crippen LogP contribution in [0.15, 0.2) is 42.5 Å². The molecular weight excluding hydrogens is 374 g/mol. The number of halogens is 1. The van der Waals surface area contributed by atoms with Gasteiger partial charge in [0, 0.05) is 48.4 Å². The quantitative estimate of drug-likeness (QED) is 0.866. The van der Waals surface area contributed by atoms with E-state index in [0.717, 1.165) is 31.5 Å². The summed E-state index contributed by atoms with van der Waals surface area (Å²) in [6, 6.07) is 12.9. The normalized spacial score (nSPS) is 19.4. The number of fused-ring (bicyclic) bond motifs is 1. The van der Waals surface area contributed by atoms with Gasteiger partial charge in [0.1, 0.15) is 0 Å². The smallest absolute Gasteiger partial charge is 0.253 e. The van der Waals surface area contributed by atoms with Gasteiger partial charge in [0.25, 0.3) is 11.8 Å². The molecule has 5 nitrogen and oxygen atoms in total. The van der Waals surface area contributed by atoms with Crippen LogP contribution in [-0.2, 0) is 13.0 Å². The van der Waals surface area contributed by atoms with E-state index < -0.39 is 0 Å². The van der Waals surface area contributed by atoms with Gasteiger partial charge in [0.05, 0.1) is 0 Å². The summed E-state index contributed by atoms with van der Waals surface area (Å²) in [6.07, 6.45) is 1.74. The molecule has 0 bridgehead atoms. The number of benzene rings is 2. The summed E-state index contributed by atoms with van der Waals surface area (Å²) in [7, 11) is 2.12. The third-order valence-corrected chi connectivity index (χ3v) is 5.79. The number of rotatable bonds is 3. The van der Waals surface area contributed by atoms with Crippen LogP contribution >= 0.6 is 11.6 Å². The number of carbonyl (C=O) groups is 2. The fourth-order valence-electron chi connectivity index (χ4n) is 3.97. The Hall–Kier alpha value is -2.37. The lowest BCUT2D eigenvalue weighted by atomic mass is 9.97. The average molecular weight is 398 g/mol. The Kier molecular flexibility index (Phi) is 5.38. The van der Waals surface area contributed by atoms with Crippen molar-refractivity contribution in [1.29, 1.82) is 0 Å². The van der Waals surface area contributed by atoms with E-state index in [0.29, 0.717) is 23.7 Å². The lowest BCUT2D eigenvalue weighted by molar-refractivity contribution is 0.0783. The average Bonchev–Trinajstić information content (AvgIpc) is 3.15. The third kappa shape index (κ3) is 4.05. The predicted octanol–water partition coefficient (Wildman–Crippen LogP) is 2.97. The second-order valence-corrected chi connectivity index (χ2v) is 8.13. The SMILES string of the molecule is CN1CCc2cc(C(=O)N3CCC(NC(=O)c4cccc(Cl)c4)C3)ccc2C1. The molecule has 146 valence electrons. The van der Waals surface area contributed by atoms with Crippen LogP contribution in [0, 0.1) is 0 Å². The maximum atomic E-state index is 12.9. The fraction of sp³-hybridized carbons (Fsp3) is 0.364. The molecule has 1 saturated heterocycles. The molecule has 6 heteroatoms. The molecule has 4 rings (SSSR count). The second kappa shape index (κ2) is 7.94. The monoisotopic (exact) mass is 397 g/mol. The van der Waals surface area contributed by atoms with Gasteiger partial charge < -0.3 is 15.1 Å². The first-order chi connectivity index (χ1) is 13.5. The molecule has 2 aliphatic rings. The minimum absolute atomic E-state index is 0.0401. The van der Waals surface area contributed by atoms with E-state index in [2.05, 4.69) is 23.3 Å². The molecular formula is C22H24ClN3O2. The van der Waals surface area contributed by atoms with Crippen LogP contribution < -0.4 is 5.32 Å². The van der Waals surface area contributed by atoms with Gasteiger partial charge >= 0.3 is 0 Å². The predicted molar refractivity (Wildman–Crippen MR) is 110 cm³/mol. The molecule has 0 aliphatic carbocycles. The Labute approximate surface area is 170 Å². The number of likely N-dealkylation sites (tertiary alicyclic amines) is 1. The molecule has 1 fully saturated rings. The molecule has 2 amide bonds. The molecule has 0 saturated carbocycles. The van der Waals surface area contributed by atoms with Crippen molar-refractivity contribution in [3.05, 3.63) is 69.7 Å². The van der Waals surface area contributed by atoms with Crippen molar-refractivity contribution in [1.82, 2.24) is 15.1 Å². The molecule has 2 aliphatic heterocycles. The topological polar surface area (TPSA) is 52.7 Å². The van der Waals surface area contributed by atoms with Gasteiger partial charge in [0.2, 0.25) is 0 Å². The van der Waals surface area contributed by atoms with E-state index in [1.54, 1.807) is 24.3 Å². The molecule has 28 heavy (non-hydrogen) atoms. The summed E-state index contributed by atoms with van der Waals surface area (Å²) in [5.74, 6) is -0.110. The zero-order chi connectivity index (χ0) is 19.7. The zero-order valence-corrected chi connectivity index (χ0v) is 16.7. The zero-order valence-electron chi connectivity index (χ0n) is 16.0. The van der Waals surface area contributed by atoms with E-state index in [9.17, 15) is 9.59 Å². The molecule has 1 unspecified atom stereocenters. The lowest BCUT2D eigenvalue weighted by Gasteiger charge is -2.25. The highest BCUT2D eigenvalue weighted by Gasteiger charge is 2.28. The summed E-state index contributed by atoms with van der Waals surface area (Å²) >= 11 is 5.96. The van der Waals surface area contributed by atoms with Crippen molar-refractivity contribution in [2.75, 3.05) is 26.7 Å². The highest BCUT2D eigenvalue weighted by atomic mass is 35.5. The van der Waals surface area contributed by atoms with Gasteiger partial charge in [-0.15, -0.1) is 0 Å². The summed E-state index contributed by atoms with van der Waals surface area (Å²) in [4.78, 5) is 29.5. The number of carbonyl (C=O) groups excluding carboxylic acids is 2. The molecule has 0 radical (unpaired) electrons. The highest BCUT2D eigenvalue weighted by Crippen LogP contribution is 2.22. The Balaban J connectivity index is 1.39. The van der Waals surface area contributed by atoms with Crippen LogP contribution in [-0.4, -0.2) is 54.3 Å².